The summed E-state index contributed by atoms with van der Waals surface area (Å²) in [5.74, 6) is -0.690. The molecule has 0 saturated heterocycles. The van der Waals surface area contributed by atoms with Gasteiger partial charge in [-0.25, -0.2) is 0 Å². The minimum Gasteiger partial charge on any atom is -0.389 e. The summed E-state index contributed by atoms with van der Waals surface area (Å²) in [6.45, 7) is -0.0692. The molecule has 15 heavy (non-hydrogen) atoms. The third-order valence-electron chi connectivity index (χ3n) is 1.47. The summed E-state index contributed by atoms with van der Waals surface area (Å²) in [5.41, 5.74) is 4.65. The summed E-state index contributed by atoms with van der Waals surface area (Å²) in [4.78, 5) is 13.0. The van der Waals surface area contributed by atoms with E-state index in [9.17, 15) is 18.0 Å². The van der Waals surface area contributed by atoms with Crippen molar-refractivity contribution in [3.63, 3.8) is 0 Å². The monoisotopic (exact) mass is 286 g/mol. The van der Waals surface area contributed by atoms with Crippen molar-refractivity contribution in [2.24, 2.45) is 5.73 Å². The number of ether oxygens (including phenoxy) is 1. The highest BCUT2D eigenvalue weighted by Crippen LogP contribution is 2.27. The Balaban J connectivity index is 3.11. The molecule has 0 unspecified atom stereocenters. The SMILES string of the molecule is NCc1cc(Br)c(OC(F)(F)F)[nH]c1=O. The number of nitrogens with one attached hydrogen (secondary N) is 1. The maximum Gasteiger partial charge on any atom is 0.574 e. The van der Waals surface area contributed by atoms with Crippen LogP contribution < -0.4 is 16.0 Å². The summed E-state index contributed by atoms with van der Waals surface area (Å²) in [5, 5.41) is 0. The lowest BCUT2D eigenvalue weighted by molar-refractivity contribution is -0.276. The first-order valence-electron chi connectivity index (χ1n) is 3.71. The van der Waals surface area contributed by atoms with E-state index in [0.29, 0.717) is 0 Å². The normalized spacial score (nSPS) is 11.5. The zero-order valence-corrected chi connectivity index (χ0v) is 8.78. The molecular formula is C7H6BrF3N2O2. The Bertz CT molecular complexity index is 416. The summed E-state index contributed by atoms with van der Waals surface area (Å²) in [7, 11) is 0. The Kier molecular flexibility index (Phi) is 3.40. The topological polar surface area (TPSA) is 68.1 Å². The smallest absolute Gasteiger partial charge is 0.389 e. The molecule has 0 aliphatic carbocycles. The number of H-pyrrole nitrogens is 1. The third-order valence-corrected chi connectivity index (χ3v) is 2.06. The molecule has 0 radical (unpaired) electrons. The lowest BCUT2D eigenvalue weighted by Gasteiger charge is -2.10. The number of halogens is 4. The fourth-order valence-electron chi connectivity index (χ4n) is 0.869. The average molecular weight is 287 g/mol. The molecule has 0 fully saturated rings. The quantitative estimate of drug-likeness (QED) is 0.866. The van der Waals surface area contributed by atoms with Crippen LogP contribution in [-0.4, -0.2) is 11.3 Å². The van der Waals surface area contributed by atoms with E-state index in [0.717, 1.165) is 0 Å². The minimum atomic E-state index is -4.85. The first-order valence-corrected chi connectivity index (χ1v) is 4.50. The molecule has 1 aromatic rings. The van der Waals surface area contributed by atoms with Crippen LogP contribution in [0.3, 0.4) is 0 Å². The van der Waals surface area contributed by atoms with Gasteiger partial charge >= 0.3 is 6.36 Å². The van der Waals surface area contributed by atoms with Gasteiger partial charge in [-0.2, -0.15) is 0 Å². The number of hydrogen-bond donors (Lipinski definition) is 2. The second kappa shape index (κ2) is 4.23. The van der Waals surface area contributed by atoms with Crippen LogP contribution in [0.15, 0.2) is 15.3 Å². The van der Waals surface area contributed by atoms with Gasteiger partial charge in [0.05, 0.1) is 4.47 Å². The largest absolute Gasteiger partial charge is 0.574 e. The van der Waals surface area contributed by atoms with Gasteiger partial charge in [0, 0.05) is 12.1 Å². The molecule has 0 aliphatic rings. The highest BCUT2D eigenvalue weighted by atomic mass is 79.9. The minimum absolute atomic E-state index is 0.0140. The van der Waals surface area contributed by atoms with Gasteiger partial charge in [-0.05, 0) is 22.0 Å². The van der Waals surface area contributed by atoms with Gasteiger partial charge < -0.3 is 10.5 Å². The van der Waals surface area contributed by atoms with Gasteiger partial charge in [0.15, 0.2) is 0 Å². The van der Waals surface area contributed by atoms with Gasteiger partial charge in [0.1, 0.15) is 0 Å². The molecule has 8 heteroatoms. The Morgan fingerprint density at radius 3 is 2.60 bits per heavy atom. The zero-order valence-electron chi connectivity index (χ0n) is 7.19. The number of aromatic amines is 1. The van der Waals surface area contributed by atoms with E-state index in [-0.39, 0.29) is 16.6 Å². The van der Waals surface area contributed by atoms with Crippen LogP contribution in [-0.2, 0) is 6.54 Å². The van der Waals surface area contributed by atoms with Crippen molar-refractivity contribution in [3.05, 3.63) is 26.5 Å². The van der Waals surface area contributed by atoms with Crippen molar-refractivity contribution in [2.75, 3.05) is 0 Å². The van der Waals surface area contributed by atoms with E-state index in [1.807, 2.05) is 4.98 Å². The van der Waals surface area contributed by atoms with Gasteiger partial charge in [-0.1, -0.05) is 0 Å². The molecular weight excluding hydrogens is 281 g/mol. The third kappa shape index (κ3) is 3.24. The summed E-state index contributed by atoms with van der Waals surface area (Å²) >= 11 is 2.82. The molecule has 0 aliphatic heterocycles. The van der Waals surface area contributed by atoms with Crippen LogP contribution in [0.5, 0.6) is 5.88 Å². The highest BCUT2D eigenvalue weighted by Gasteiger charge is 2.32. The zero-order chi connectivity index (χ0) is 11.6. The molecule has 4 nitrogen and oxygen atoms in total. The fraction of sp³-hybridized carbons (Fsp3) is 0.286. The predicted octanol–water partition coefficient (Wildman–Crippen LogP) is 1.49. The second-order valence-corrected chi connectivity index (χ2v) is 3.41. The Labute approximate surface area is 90.4 Å². The van der Waals surface area contributed by atoms with Crippen molar-refractivity contribution >= 4 is 15.9 Å². The predicted molar refractivity (Wildman–Crippen MR) is 49.3 cm³/mol. The van der Waals surface area contributed by atoms with Crippen LogP contribution in [0.25, 0.3) is 0 Å². The van der Waals surface area contributed by atoms with E-state index in [2.05, 4.69) is 20.7 Å². The van der Waals surface area contributed by atoms with Crippen LogP contribution >= 0.6 is 15.9 Å². The van der Waals surface area contributed by atoms with E-state index in [1.54, 1.807) is 0 Å². The average Bonchev–Trinajstić information content (AvgIpc) is 2.08. The van der Waals surface area contributed by atoms with Crippen LogP contribution in [0.4, 0.5) is 13.2 Å². The Morgan fingerprint density at radius 2 is 2.13 bits per heavy atom. The highest BCUT2D eigenvalue weighted by molar-refractivity contribution is 9.10. The van der Waals surface area contributed by atoms with Crippen molar-refractivity contribution in [3.8, 4) is 5.88 Å². The van der Waals surface area contributed by atoms with E-state index in [4.69, 9.17) is 5.73 Å². The fourth-order valence-corrected chi connectivity index (χ4v) is 1.33. The van der Waals surface area contributed by atoms with Gasteiger partial charge in [0.25, 0.3) is 5.56 Å². The molecule has 0 bridgehead atoms. The van der Waals surface area contributed by atoms with Crippen LogP contribution in [0, 0.1) is 0 Å². The van der Waals surface area contributed by atoms with Crippen molar-refractivity contribution < 1.29 is 17.9 Å². The molecule has 1 aromatic heterocycles. The molecule has 0 spiro atoms. The molecule has 1 rings (SSSR count). The Hall–Kier alpha value is -1.02. The molecule has 0 saturated carbocycles. The van der Waals surface area contributed by atoms with Crippen molar-refractivity contribution in [1.29, 1.82) is 0 Å². The van der Waals surface area contributed by atoms with Gasteiger partial charge in [0.2, 0.25) is 5.88 Å². The number of nitrogens with two attached hydrogens (primary N) is 1. The van der Waals surface area contributed by atoms with Crippen LogP contribution in [0.1, 0.15) is 5.56 Å². The number of hydrogen-bond acceptors (Lipinski definition) is 3. The second-order valence-electron chi connectivity index (χ2n) is 2.55. The molecule has 84 valence electrons. The van der Waals surface area contributed by atoms with Crippen molar-refractivity contribution in [1.82, 2.24) is 4.98 Å². The molecule has 3 N–H and O–H groups in total. The lowest BCUT2D eigenvalue weighted by atomic mass is 10.3. The number of aromatic nitrogens is 1. The Morgan fingerprint density at radius 1 is 1.53 bits per heavy atom. The number of pyridine rings is 1. The standard InChI is InChI=1S/C7H6BrF3N2O2/c8-4-1-3(2-12)5(14)13-6(4)15-7(9,10)11/h1H,2,12H2,(H,13,14). The number of alkyl halides is 3. The van der Waals surface area contributed by atoms with Crippen molar-refractivity contribution in [2.45, 2.75) is 12.9 Å². The molecule has 1 heterocycles. The molecule has 0 amide bonds. The van der Waals surface area contributed by atoms with Gasteiger partial charge in [-0.3, -0.25) is 9.78 Å². The lowest BCUT2D eigenvalue weighted by Crippen LogP contribution is -2.22. The van der Waals surface area contributed by atoms with Gasteiger partial charge in [-0.15, -0.1) is 13.2 Å². The number of rotatable bonds is 2. The molecule has 0 aromatic carbocycles. The summed E-state index contributed by atoms with van der Waals surface area (Å²) in [6, 6.07) is 1.18. The molecule has 0 atom stereocenters. The maximum atomic E-state index is 11.8. The first-order chi connectivity index (χ1) is 6.83. The van der Waals surface area contributed by atoms with E-state index < -0.39 is 17.8 Å². The maximum absolute atomic E-state index is 11.8. The summed E-state index contributed by atoms with van der Waals surface area (Å²) < 4.78 is 39.1. The van der Waals surface area contributed by atoms with Crippen LogP contribution in [0.2, 0.25) is 0 Å². The van der Waals surface area contributed by atoms with E-state index in [1.165, 1.54) is 6.07 Å². The van der Waals surface area contributed by atoms with E-state index >= 15 is 0 Å². The summed E-state index contributed by atoms with van der Waals surface area (Å²) in [6.07, 6.45) is -4.85. The first kappa shape index (κ1) is 12.1.